The van der Waals surface area contributed by atoms with Crippen LogP contribution in [0.25, 0.3) is 45.2 Å². The summed E-state index contributed by atoms with van der Waals surface area (Å²) in [6, 6.07) is 13.3. The van der Waals surface area contributed by atoms with Gasteiger partial charge in [-0.15, -0.1) is 4.28 Å². The average molecular weight is 601 g/mol. The third-order valence-corrected chi connectivity index (χ3v) is 7.44. The average Bonchev–Trinajstić information content (AvgIpc) is 3.48. The highest BCUT2D eigenvalue weighted by molar-refractivity contribution is 7.86. The number of aromatic amines is 1. The number of aromatic nitrogens is 5. The van der Waals surface area contributed by atoms with Crippen LogP contribution in [0.4, 0.5) is 14.7 Å². The monoisotopic (exact) mass is 600 g/mol. The molecule has 0 aliphatic heterocycles. The van der Waals surface area contributed by atoms with Gasteiger partial charge in [0.25, 0.3) is 10.1 Å². The van der Waals surface area contributed by atoms with Crippen LogP contribution in [0.1, 0.15) is 33.7 Å². The molecule has 214 valence electrons. The van der Waals surface area contributed by atoms with E-state index in [9.17, 15) is 17.2 Å². The predicted molar refractivity (Wildman–Crippen MR) is 155 cm³/mol. The number of anilines is 1. The molecule has 2 aromatic carbocycles. The summed E-state index contributed by atoms with van der Waals surface area (Å²) in [6.07, 6.45) is 0.922. The van der Waals surface area contributed by atoms with Crippen LogP contribution < -0.4 is 5.48 Å². The van der Waals surface area contributed by atoms with Gasteiger partial charge in [0, 0.05) is 11.6 Å². The van der Waals surface area contributed by atoms with Gasteiger partial charge in [-0.25, -0.2) is 29.2 Å². The highest BCUT2D eigenvalue weighted by Gasteiger charge is 2.28. The van der Waals surface area contributed by atoms with Gasteiger partial charge in [0.15, 0.2) is 5.65 Å². The van der Waals surface area contributed by atoms with Crippen molar-refractivity contribution < 1.29 is 21.5 Å². The minimum absolute atomic E-state index is 0.0839. The van der Waals surface area contributed by atoms with Crippen LogP contribution in [0.2, 0.25) is 5.02 Å². The van der Waals surface area contributed by atoms with Gasteiger partial charge >= 0.3 is 0 Å². The third-order valence-electron chi connectivity index (χ3n) is 6.74. The van der Waals surface area contributed by atoms with Crippen molar-refractivity contribution in [2.24, 2.45) is 5.41 Å². The Kier molecular flexibility index (Phi) is 7.35. The van der Waals surface area contributed by atoms with E-state index in [1.54, 1.807) is 34.9 Å². The molecule has 5 aromatic rings. The van der Waals surface area contributed by atoms with E-state index in [-0.39, 0.29) is 33.8 Å². The Hall–Kier alpha value is -3.87. The second kappa shape index (κ2) is 10.5. The number of fused-ring (bicyclic) bond motifs is 1. The van der Waals surface area contributed by atoms with Crippen molar-refractivity contribution in [3.63, 3.8) is 0 Å². The van der Waals surface area contributed by atoms with Gasteiger partial charge in [0.05, 0.1) is 33.9 Å². The molecule has 13 heteroatoms. The summed E-state index contributed by atoms with van der Waals surface area (Å²) >= 11 is 6.34. The highest BCUT2D eigenvalue weighted by Crippen LogP contribution is 2.38. The summed E-state index contributed by atoms with van der Waals surface area (Å²) in [7, 11) is -3.83. The van der Waals surface area contributed by atoms with Crippen molar-refractivity contribution in [3.05, 3.63) is 71.3 Å². The lowest BCUT2D eigenvalue weighted by atomic mass is 9.88. The molecule has 0 fully saturated rings. The van der Waals surface area contributed by atoms with Crippen LogP contribution in [0.5, 0.6) is 0 Å². The molecule has 0 amide bonds. The van der Waals surface area contributed by atoms with Crippen molar-refractivity contribution >= 4 is 38.8 Å². The van der Waals surface area contributed by atoms with E-state index >= 15 is 0 Å². The second-order valence-electron chi connectivity index (χ2n) is 10.7. The fraction of sp³-hybridized carbons (Fsp3) is 0.250. The predicted octanol–water partition coefficient (Wildman–Crippen LogP) is 7.00. The smallest absolute Gasteiger partial charge is 0.285 e. The lowest BCUT2D eigenvalue weighted by Gasteiger charge is -2.29. The molecule has 2 N–H and O–H groups in total. The molecule has 0 aliphatic rings. The summed E-state index contributed by atoms with van der Waals surface area (Å²) < 4.78 is 58.6. The lowest BCUT2D eigenvalue weighted by molar-refractivity contribution is 0.264. The Balaban J connectivity index is 1.74. The molecule has 3 heterocycles. The fourth-order valence-corrected chi connectivity index (χ4v) is 4.75. The van der Waals surface area contributed by atoms with Gasteiger partial charge in [-0.1, -0.05) is 38.4 Å². The molecule has 0 saturated carbocycles. The quantitative estimate of drug-likeness (QED) is 0.193. The summed E-state index contributed by atoms with van der Waals surface area (Å²) in [5.74, 6) is -0.658. The largest absolute Gasteiger partial charge is 0.336 e. The van der Waals surface area contributed by atoms with E-state index < -0.39 is 21.8 Å². The van der Waals surface area contributed by atoms with Crippen LogP contribution >= 0.6 is 11.6 Å². The van der Waals surface area contributed by atoms with E-state index in [0.29, 0.717) is 33.8 Å². The highest BCUT2D eigenvalue weighted by atomic mass is 35.5. The normalized spacial score (nSPS) is 13.1. The first-order chi connectivity index (χ1) is 19.2. The van der Waals surface area contributed by atoms with Crippen LogP contribution in [-0.2, 0) is 14.4 Å². The summed E-state index contributed by atoms with van der Waals surface area (Å²) in [4.78, 5) is 17.2. The molecule has 9 nitrogen and oxygen atoms in total. The number of pyridine rings is 1. The Morgan fingerprint density at radius 1 is 1.02 bits per heavy atom. The van der Waals surface area contributed by atoms with Gasteiger partial charge in [-0.2, -0.15) is 8.42 Å². The molecule has 0 radical (unpaired) electrons. The Morgan fingerprint density at radius 3 is 2.37 bits per heavy atom. The van der Waals surface area contributed by atoms with E-state index in [1.807, 2.05) is 27.7 Å². The van der Waals surface area contributed by atoms with Crippen molar-refractivity contribution in [2.75, 3.05) is 11.7 Å². The first-order valence-corrected chi connectivity index (χ1v) is 14.8. The van der Waals surface area contributed by atoms with E-state index in [4.69, 9.17) is 20.9 Å². The maximum Gasteiger partial charge on any atom is 0.285 e. The van der Waals surface area contributed by atoms with E-state index in [0.717, 1.165) is 6.26 Å². The first-order valence-electron chi connectivity index (χ1n) is 12.6. The fourth-order valence-electron chi connectivity index (χ4n) is 4.27. The standard InChI is InChI=1S/C28H27ClF2N6O3S/c1-15(28(2,3)4)37-26-21(33-27(37)36-40-41(5,38)39)14-13-20(32-26)24-23(16-9-11-17(30)12-10-16)34-25(35-24)22-18(29)7-6-8-19(22)31/h6-15H,1-5H3,(H,33,36)(H,34,35)/t15-/m1/s1. The summed E-state index contributed by atoms with van der Waals surface area (Å²) in [5.41, 5.74) is 5.00. The molecular formula is C28H27ClF2N6O3S. The van der Waals surface area contributed by atoms with E-state index in [1.165, 1.54) is 24.3 Å². The number of hydrogen-bond acceptors (Lipinski definition) is 7. The second-order valence-corrected chi connectivity index (χ2v) is 12.7. The topological polar surface area (TPSA) is 115 Å². The number of imidazole rings is 2. The number of nitrogens with one attached hydrogen (secondary N) is 2. The molecule has 3 aromatic heterocycles. The van der Waals surface area contributed by atoms with Crippen molar-refractivity contribution in [2.45, 2.75) is 33.7 Å². The van der Waals surface area contributed by atoms with Gasteiger partial charge in [0.1, 0.15) is 23.0 Å². The molecule has 5 rings (SSSR count). The number of H-pyrrole nitrogens is 1. The molecule has 1 atom stereocenters. The van der Waals surface area contributed by atoms with Gasteiger partial charge in [-0.3, -0.25) is 4.57 Å². The van der Waals surface area contributed by atoms with Crippen LogP contribution in [0.15, 0.2) is 54.6 Å². The number of halogens is 3. The van der Waals surface area contributed by atoms with E-state index in [2.05, 4.69) is 20.4 Å². The van der Waals surface area contributed by atoms with Gasteiger partial charge in [0.2, 0.25) is 5.95 Å². The number of benzene rings is 2. The Bertz CT molecular complexity index is 1840. The molecule has 0 saturated heterocycles. The zero-order chi connectivity index (χ0) is 29.7. The zero-order valence-corrected chi connectivity index (χ0v) is 24.4. The van der Waals surface area contributed by atoms with Crippen molar-refractivity contribution in [1.82, 2.24) is 24.5 Å². The molecular weight excluding hydrogens is 574 g/mol. The first kappa shape index (κ1) is 28.7. The number of rotatable bonds is 7. The zero-order valence-electron chi connectivity index (χ0n) is 22.8. The van der Waals surface area contributed by atoms with Crippen molar-refractivity contribution in [1.29, 1.82) is 0 Å². The minimum atomic E-state index is -3.83. The maximum absolute atomic E-state index is 14.9. The molecule has 0 unspecified atom stereocenters. The molecule has 0 spiro atoms. The SMILES string of the molecule is C[C@@H](n1c(NOS(C)(=O)=O)nc2ccc(-c3[nH]c(-c4c(F)cccc4Cl)nc3-c3ccc(F)cc3)nc21)C(C)(C)C. The number of nitrogens with zero attached hydrogens (tertiary/aromatic N) is 4. The van der Waals surface area contributed by atoms with Gasteiger partial charge < -0.3 is 4.98 Å². The molecule has 41 heavy (non-hydrogen) atoms. The number of hydrogen-bond donors (Lipinski definition) is 2. The summed E-state index contributed by atoms with van der Waals surface area (Å²) in [5, 5.41) is 0.165. The molecule has 0 bridgehead atoms. The Morgan fingerprint density at radius 2 is 1.73 bits per heavy atom. The Labute approximate surface area is 240 Å². The molecule has 0 aliphatic carbocycles. The summed E-state index contributed by atoms with van der Waals surface area (Å²) in [6.45, 7) is 8.04. The van der Waals surface area contributed by atoms with Crippen LogP contribution in [0, 0.1) is 17.0 Å². The van der Waals surface area contributed by atoms with Crippen LogP contribution in [-0.4, -0.2) is 39.2 Å². The maximum atomic E-state index is 14.9. The lowest BCUT2D eigenvalue weighted by Crippen LogP contribution is -2.24. The van der Waals surface area contributed by atoms with Crippen LogP contribution in [0.3, 0.4) is 0 Å². The van der Waals surface area contributed by atoms with Gasteiger partial charge in [-0.05, 0) is 60.9 Å². The minimum Gasteiger partial charge on any atom is -0.336 e. The third kappa shape index (κ3) is 5.81. The van der Waals surface area contributed by atoms with Crippen molar-refractivity contribution in [3.8, 4) is 34.0 Å².